The number of imidazole rings is 1. The Morgan fingerprint density at radius 1 is 1.10 bits per heavy atom. The first-order chi connectivity index (χ1) is 9.45. The molecule has 3 heterocycles. The summed E-state index contributed by atoms with van der Waals surface area (Å²) in [6.07, 6.45) is 1.63. The molecule has 108 valence electrons. The molecule has 1 fully saturated rings. The number of fused-ring (bicyclic) bond motifs is 1. The van der Waals surface area contributed by atoms with Gasteiger partial charge in [-0.25, -0.2) is 9.50 Å². The highest BCUT2D eigenvalue weighted by atomic mass is 35.5. The summed E-state index contributed by atoms with van der Waals surface area (Å²) >= 11 is 6.08. The molecule has 0 bridgehead atoms. The van der Waals surface area contributed by atoms with Crippen LogP contribution in [-0.2, 0) is 0 Å². The van der Waals surface area contributed by atoms with Crippen LogP contribution >= 0.6 is 11.6 Å². The minimum absolute atomic E-state index is 0.233. The molecule has 2 aromatic heterocycles. The standard InChI is InChI=1S/C14H20ClN5/c1-14(2,3)19-8-6-18(7-9-19)13-5-4-12-16-10-11(15)20(12)17-13/h4-5,10H,6-9H2,1-3H3. The van der Waals surface area contributed by atoms with Crippen molar-refractivity contribution in [3.63, 3.8) is 0 Å². The number of hydrogen-bond acceptors (Lipinski definition) is 4. The van der Waals surface area contributed by atoms with Crippen molar-refractivity contribution >= 4 is 23.1 Å². The first kappa shape index (κ1) is 13.6. The van der Waals surface area contributed by atoms with Crippen molar-refractivity contribution in [1.29, 1.82) is 0 Å². The number of hydrogen-bond donors (Lipinski definition) is 0. The summed E-state index contributed by atoms with van der Waals surface area (Å²) in [5.74, 6) is 0.964. The highest BCUT2D eigenvalue weighted by Crippen LogP contribution is 2.20. The van der Waals surface area contributed by atoms with Crippen LogP contribution in [0.4, 0.5) is 5.82 Å². The maximum absolute atomic E-state index is 6.08. The first-order valence-electron chi connectivity index (χ1n) is 6.95. The lowest BCUT2D eigenvalue weighted by molar-refractivity contribution is 0.128. The fourth-order valence-corrected chi connectivity index (χ4v) is 2.78. The van der Waals surface area contributed by atoms with E-state index in [0.717, 1.165) is 37.6 Å². The van der Waals surface area contributed by atoms with Crippen LogP contribution in [0.25, 0.3) is 5.65 Å². The highest BCUT2D eigenvalue weighted by Gasteiger charge is 2.26. The summed E-state index contributed by atoms with van der Waals surface area (Å²) in [7, 11) is 0. The Morgan fingerprint density at radius 2 is 1.80 bits per heavy atom. The second kappa shape index (κ2) is 4.90. The number of piperazine rings is 1. The average Bonchev–Trinajstić information content (AvgIpc) is 2.79. The third-order valence-electron chi connectivity index (χ3n) is 3.86. The molecule has 0 aromatic carbocycles. The molecule has 1 aliphatic heterocycles. The van der Waals surface area contributed by atoms with E-state index in [9.17, 15) is 0 Å². The highest BCUT2D eigenvalue weighted by molar-refractivity contribution is 6.29. The number of rotatable bonds is 1. The molecule has 0 spiro atoms. The monoisotopic (exact) mass is 293 g/mol. The summed E-state index contributed by atoms with van der Waals surface area (Å²) in [5.41, 5.74) is 1.02. The molecule has 20 heavy (non-hydrogen) atoms. The number of aromatic nitrogens is 3. The predicted molar refractivity (Wildman–Crippen MR) is 81.5 cm³/mol. The van der Waals surface area contributed by atoms with E-state index in [-0.39, 0.29) is 5.54 Å². The van der Waals surface area contributed by atoms with Gasteiger partial charge in [0.2, 0.25) is 0 Å². The van der Waals surface area contributed by atoms with Gasteiger partial charge in [-0.05, 0) is 32.9 Å². The van der Waals surface area contributed by atoms with Gasteiger partial charge in [-0.1, -0.05) is 11.6 Å². The smallest absolute Gasteiger partial charge is 0.155 e. The van der Waals surface area contributed by atoms with Crippen LogP contribution in [0.3, 0.4) is 0 Å². The Balaban J connectivity index is 1.78. The minimum atomic E-state index is 0.233. The second-order valence-corrected chi connectivity index (χ2v) is 6.57. The summed E-state index contributed by atoms with van der Waals surface area (Å²) in [5, 5.41) is 5.13. The summed E-state index contributed by atoms with van der Waals surface area (Å²) < 4.78 is 1.69. The van der Waals surface area contributed by atoms with E-state index >= 15 is 0 Å². The van der Waals surface area contributed by atoms with Crippen molar-refractivity contribution < 1.29 is 0 Å². The fourth-order valence-electron chi connectivity index (χ4n) is 2.61. The third kappa shape index (κ3) is 2.47. The molecule has 3 rings (SSSR count). The van der Waals surface area contributed by atoms with E-state index < -0.39 is 0 Å². The molecule has 0 aliphatic carbocycles. The van der Waals surface area contributed by atoms with Gasteiger partial charge >= 0.3 is 0 Å². The van der Waals surface area contributed by atoms with E-state index in [1.165, 1.54) is 0 Å². The van der Waals surface area contributed by atoms with E-state index in [4.69, 9.17) is 11.6 Å². The summed E-state index contributed by atoms with van der Waals surface area (Å²) in [6.45, 7) is 10.9. The molecule has 0 atom stereocenters. The van der Waals surface area contributed by atoms with Gasteiger partial charge in [0.25, 0.3) is 0 Å². The van der Waals surface area contributed by atoms with Crippen molar-refractivity contribution in [2.75, 3.05) is 31.1 Å². The van der Waals surface area contributed by atoms with E-state index in [0.29, 0.717) is 5.15 Å². The zero-order chi connectivity index (χ0) is 14.3. The van der Waals surface area contributed by atoms with Crippen molar-refractivity contribution in [1.82, 2.24) is 19.5 Å². The Kier molecular flexibility index (Phi) is 3.34. The molecule has 6 heteroatoms. The SMILES string of the molecule is CC(C)(C)N1CCN(c2ccc3ncc(Cl)n3n2)CC1. The zero-order valence-electron chi connectivity index (χ0n) is 12.2. The Bertz CT molecular complexity index is 608. The van der Waals surface area contributed by atoms with E-state index in [1.807, 2.05) is 12.1 Å². The van der Waals surface area contributed by atoms with Gasteiger partial charge in [0, 0.05) is 31.7 Å². The maximum atomic E-state index is 6.08. The van der Waals surface area contributed by atoms with Gasteiger partial charge < -0.3 is 4.90 Å². The average molecular weight is 294 g/mol. The van der Waals surface area contributed by atoms with E-state index in [2.05, 4.69) is 40.7 Å². The van der Waals surface area contributed by atoms with Crippen LogP contribution < -0.4 is 4.90 Å². The summed E-state index contributed by atoms with van der Waals surface area (Å²) in [6, 6.07) is 3.98. The number of anilines is 1. The molecule has 5 nitrogen and oxygen atoms in total. The van der Waals surface area contributed by atoms with Gasteiger partial charge in [0.05, 0.1) is 6.20 Å². The fraction of sp³-hybridized carbons (Fsp3) is 0.571. The minimum Gasteiger partial charge on any atom is -0.353 e. The molecule has 0 unspecified atom stereocenters. The number of halogens is 1. The zero-order valence-corrected chi connectivity index (χ0v) is 12.9. The molecule has 2 aromatic rings. The van der Waals surface area contributed by atoms with Crippen molar-refractivity contribution in [2.45, 2.75) is 26.3 Å². The first-order valence-corrected chi connectivity index (χ1v) is 7.33. The normalized spacial score (nSPS) is 17.9. The molecule has 0 amide bonds. The lowest BCUT2D eigenvalue weighted by Crippen LogP contribution is -2.53. The Morgan fingerprint density at radius 3 is 2.45 bits per heavy atom. The molecular weight excluding hydrogens is 274 g/mol. The Hall–Kier alpha value is -1.33. The molecule has 0 N–H and O–H groups in total. The van der Waals surface area contributed by atoms with Gasteiger partial charge in [-0.15, -0.1) is 5.10 Å². The van der Waals surface area contributed by atoms with Crippen LogP contribution in [0.1, 0.15) is 20.8 Å². The second-order valence-electron chi connectivity index (χ2n) is 6.19. The largest absolute Gasteiger partial charge is 0.353 e. The lowest BCUT2D eigenvalue weighted by atomic mass is 10.1. The number of nitrogens with zero attached hydrogens (tertiary/aromatic N) is 5. The van der Waals surface area contributed by atoms with Crippen LogP contribution in [-0.4, -0.2) is 51.2 Å². The maximum Gasteiger partial charge on any atom is 0.155 e. The molecular formula is C14H20ClN5. The predicted octanol–water partition coefficient (Wildman–Crippen LogP) is 2.30. The topological polar surface area (TPSA) is 36.7 Å². The van der Waals surface area contributed by atoms with Gasteiger partial charge in [0.1, 0.15) is 5.82 Å². The van der Waals surface area contributed by atoms with E-state index in [1.54, 1.807) is 10.7 Å². The van der Waals surface area contributed by atoms with Gasteiger partial charge in [-0.2, -0.15) is 0 Å². The van der Waals surface area contributed by atoms with Crippen LogP contribution in [0.5, 0.6) is 0 Å². The van der Waals surface area contributed by atoms with Crippen LogP contribution in [0, 0.1) is 0 Å². The van der Waals surface area contributed by atoms with Crippen molar-refractivity contribution in [2.24, 2.45) is 0 Å². The van der Waals surface area contributed by atoms with Crippen molar-refractivity contribution in [3.8, 4) is 0 Å². The third-order valence-corrected chi connectivity index (χ3v) is 4.12. The van der Waals surface area contributed by atoms with Gasteiger partial charge in [-0.3, -0.25) is 4.90 Å². The molecule has 1 saturated heterocycles. The quantitative estimate of drug-likeness (QED) is 0.808. The molecule has 0 saturated carbocycles. The molecule has 0 radical (unpaired) electrons. The molecule has 1 aliphatic rings. The lowest BCUT2D eigenvalue weighted by Gasteiger charge is -2.42. The summed E-state index contributed by atoms with van der Waals surface area (Å²) in [4.78, 5) is 9.00. The van der Waals surface area contributed by atoms with Gasteiger partial charge in [0.15, 0.2) is 10.8 Å². The van der Waals surface area contributed by atoms with Crippen LogP contribution in [0.15, 0.2) is 18.3 Å². The van der Waals surface area contributed by atoms with Crippen LogP contribution in [0.2, 0.25) is 5.15 Å². The Labute approximate surface area is 124 Å². The van der Waals surface area contributed by atoms with Crippen molar-refractivity contribution in [3.05, 3.63) is 23.5 Å².